The van der Waals surface area contributed by atoms with E-state index in [9.17, 15) is 35.3 Å². The van der Waals surface area contributed by atoms with Crippen LogP contribution in [0.2, 0.25) is 5.15 Å². The molecule has 1 saturated heterocycles. The Bertz CT molecular complexity index is 2930. The maximum absolute atomic E-state index is 14.8. The summed E-state index contributed by atoms with van der Waals surface area (Å²) in [5.41, 5.74) is 1.37. The normalized spacial score (nSPS) is 12.4. The molecule has 0 radical (unpaired) electrons. The minimum Gasteiger partial charge on any atom is -0.379 e. The van der Waals surface area contributed by atoms with Gasteiger partial charge in [0.2, 0.25) is 0 Å². The molecular weight excluding hydrogens is 971 g/mol. The van der Waals surface area contributed by atoms with Crippen LogP contribution in [0.5, 0.6) is 0 Å². The van der Waals surface area contributed by atoms with Gasteiger partial charge in [-0.05, 0) is 102 Å². The molecule has 0 amide bonds. The van der Waals surface area contributed by atoms with Crippen molar-refractivity contribution in [1.82, 2.24) is 24.7 Å². The second-order valence-electron chi connectivity index (χ2n) is 13.8. The summed E-state index contributed by atoms with van der Waals surface area (Å²) in [4.78, 5) is 13.3. The molecule has 3 heterocycles. The van der Waals surface area contributed by atoms with E-state index in [4.69, 9.17) is 16.3 Å². The van der Waals surface area contributed by atoms with E-state index in [0.717, 1.165) is 49.6 Å². The standard InChI is InChI=1S/C24H18F2N2O3S.C17H11ClF2N2.C4H9NO.Cl3OP/c1-15-11-13-18(14-12-15)32(30,31)28-24(29)23(22-19(25)9-6-10-20(22)26)21(16(2)27-28)17-7-4-3-5-8-17;1-10-14(11-6-3-2-4-7-11)16(17(18)22-21-10)15-12(19)8-5-9-13(15)20;1-3-6-4-2-5-1;1-5(2,3)4/h3-14H,1-2H3;2-9H,1H3;5H,1-4H2;. The van der Waals surface area contributed by atoms with Gasteiger partial charge in [0.1, 0.15) is 23.3 Å². The molecule has 20 heteroatoms. The lowest BCUT2D eigenvalue weighted by atomic mass is 9.94. The lowest BCUT2D eigenvalue weighted by Gasteiger charge is -2.16. The molecule has 340 valence electrons. The number of ether oxygens (including phenoxy) is 1. The number of hydrogen-bond acceptors (Lipinski definition) is 9. The number of aryl methyl sites for hydroxylation is 3. The van der Waals surface area contributed by atoms with E-state index in [1.165, 1.54) is 43.3 Å². The van der Waals surface area contributed by atoms with Crippen LogP contribution in [-0.2, 0) is 19.3 Å². The van der Waals surface area contributed by atoms with Gasteiger partial charge in [-0.25, -0.2) is 17.6 Å². The molecule has 10 nitrogen and oxygen atoms in total. The highest BCUT2D eigenvalue weighted by molar-refractivity contribution is 8.24. The second kappa shape index (κ2) is 23.0. The fourth-order valence-electron chi connectivity index (χ4n) is 6.46. The summed E-state index contributed by atoms with van der Waals surface area (Å²) in [5, 5.41) is 11.7. The summed E-state index contributed by atoms with van der Waals surface area (Å²) in [6.07, 6.45) is 0. The molecule has 7 aromatic rings. The van der Waals surface area contributed by atoms with Gasteiger partial charge in [-0.15, -0.1) is 9.19 Å². The van der Waals surface area contributed by atoms with Crippen LogP contribution in [0.1, 0.15) is 17.0 Å². The molecule has 0 spiro atoms. The minimum atomic E-state index is -4.42. The molecule has 0 aliphatic carbocycles. The minimum absolute atomic E-state index is 0.0338. The Morgan fingerprint density at radius 1 is 0.600 bits per heavy atom. The predicted octanol–water partition coefficient (Wildman–Crippen LogP) is 12.2. The Kier molecular flexibility index (Phi) is 18.0. The van der Waals surface area contributed by atoms with Gasteiger partial charge in [0.15, 0.2) is 5.15 Å². The smallest absolute Gasteiger partial charge is 0.339 e. The topological polar surface area (TPSA) is 133 Å². The van der Waals surface area contributed by atoms with Crippen LogP contribution in [0.25, 0.3) is 44.5 Å². The van der Waals surface area contributed by atoms with Gasteiger partial charge >= 0.3 is 5.20 Å². The monoisotopic (exact) mass is 1010 g/mol. The molecule has 1 aliphatic heterocycles. The zero-order chi connectivity index (χ0) is 47.5. The molecule has 8 rings (SSSR count). The summed E-state index contributed by atoms with van der Waals surface area (Å²) in [7, 11) is -4.42. The molecule has 1 aliphatic rings. The van der Waals surface area contributed by atoms with Crippen LogP contribution in [0.15, 0.2) is 131 Å². The van der Waals surface area contributed by atoms with Gasteiger partial charge in [0, 0.05) is 29.8 Å². The summed E-state index contributed by atoms with van der Waals surface area (Å²) in [6, 6.07) is 30.4. The first kappa shape index (κ1) is 51.0. The van der Waals surface area contributed by atoms with Crippen LogP contribution in [0.4, 0.5) is 17.6 Å². The largest absolute Gasteiger partial charge is 0.379 e. The van der Waals surface area contributed by atoms with E-state index in [0.29, 0.717) is 20.9 Å². The molecular formula is C45H38Cl4F4N5O5PS. The first-order valence-electron chi connectivity index (χ1n) is 19.3. The van der Waals surface area contributed by atoms with Crippen LogP contribution in [-0.4, -0.2) is 54.1 Å². The van der Waals surface area contributed by atoms with Gasteiger partial charge in [-0.1, -0.05) is 102 Å². The Morgan fingerprint density at radius 3 is 1.45 bits per heavy atom. The fraction of sp³-hybridized carbons (Fsp3) is 0.156. The average molecular weight is 1010 g/mol. The molecule has 0 saturated carbocycles. The number of morpholine rings is 1. The van der Waals surface area contributed by atoms with Crippen molar-refractivity contribution >= 4 is 60.5 Å². The van der Waals surface area contributed by atoms with Gasteiger partial charge in [-0.3, -0.25) is 9.36 Å². The van der Waals surface area contributed by atoms with Crippen molar-refractivity contribution in [1.29, 1.82) is 0 Å². The SMILES string of the molecule is C1COCCN1.Cc1ccc(S(=O)(=O)n2nc(C)c(-c3ccccc3)c(-c3c(F)cccc3F)c2=O)cc1.Cc1nnc(Cl)c(-c2c(F)cccc2F)c1-c1ccccc1.O=P(Cl)(Cl)Cl. The maximum atomic E-state index is 14.8. The first-order chi connectivity index (χ1) is 30.8. The number of hydrogen-bond donors (Lipinski definition) is 1. The zero-order valence-electron chi connectivity index (χ0n) is 34.6. The summed E-state index contributed by atoms with van der Waals surface area (Å²) in [5.74, 6) is -3.34. The van der Waals surface area contributed by atoms with E-state index in [2.05, 4.69) is 54.3 Å². The highest BCUT2D eigenvalue weighted by atomic mass is 36.0. The molecule has 0 bridgehead atoms. The Labute approximate surface area is 391 Å². The van der Waals surface area contributed by atoms with Crippen molar-refractivity contribution in [3.8, 4) is 44.5 Å². The van der Waals surface area contributed by atoms with Crippen molar-refractivity contribution in [3.63, 3.8) is 0 Å². The lowest BCUT2D eigenvalue weighted by molar-refractivity contribution is 0.109. The third-order valence-electron chi connectivity index (χ3n) is 9.29. The van der Waals surface area contributed by atoms with Crippen molar-refractivity contribution < 1.29 is 35.3 Å². The van der Waals surface area contributed by atoms with Gasteiger partial charge < -0.3 is 10.1 Å². The van der Waals surface area contributed by atoms with E-state index >= 15 is 0 Å². The van der Waals surface area contributed by atoms with E-state index in [1.807, 2.05) is 30.3 Å². The Morgan fingerprint density at radius 2 is 1.03 bits per heavy atom. The quantitative estimate of drug-likeness (QED) is 0.128. The summed E-state index contributed by atoms with van der Waals surface area (Å²) in [6.45, 7) is 8.85. The number of benzene rings is 5. The third-order valence-corrected chi connectivity index (χ3v) is 11.1. The predicted molar refractivity (Wildman–Crippen MR) is 249 cm³/mol. The molecule has 65 heavy (non-hydrogen) atoms. The molecule has 5 aromatic carbocycles. The van der Waals surface area contributed by atoms with Gasteiger partial charge in [0.05, 0.1) is 46.2 Å². The fourth-order valence-corrected chi connectivity index (χ4v) is 7.90. The van der Waals surface area contributed by atoms with Gasteiger partial charge in [-0.2, -0.15) is 18.6 Å². The van der Waals surface area contributed by atoms with E-state index in [-0.39, 0.29) is 32.4 Å². The van der Waals surface area contributed by atoms with Crippen LogP contribution in [0.3, 0.4) is 0 Å². The highest BCUT2D eigenvalue weighted by Crippen LogP contribution is 2.61. The number of nitrogens with one attached hydrogen (secondary N) is 1. The molecule has 2 aromatic heterocycles. The zero-order valence-corrected chi connectivity index (χ0v) is 39.3. The van der Waals surface area contributed by atoms with Crippen molar-refractivity contribution in [2.45, 2.75) is 25.7 Å². The lowest BCUT2D eigenvalue weighted by Crippen LogP contribution is -2.32. The summed E-state index contributed by atoms with van der Waals surface area (Å²) >= 11 is 20.0. The highest BCUT2D eigenvalue weighted by Gasteiger charge is 2.29. The first-order valence-corrected chi connectivity index (χ1v) is 25.5. The second-order valence-corrected chi connectivity index (χ2v) is 22.6. The molecule has 0 unspecified atom stereocenters. The Balaban J connectivity index is 0.000000206. The number of rotatable bonds is 6. The van der Waals surface area contributed by atoms with Gasteiger partial charge in [0.25, 0.3) is 15.6 Å². The molecule has 1 fully saturated rings. The van der Waals surface area contributed by atoms with E-state index < -0.39 is 55.2 Å². The molecule has 1 N–H and O–H groups in total. The van der Waals surface area contributed by atoms with Crippen LogP contribution in [0, 0.1) is 44.0 Å². The van der Waals surface area contributed by atoms with Crippen LogP contribution < -0.4 is 10.9 Å². The third kappa shape index (κ3) is 13.3. The van der Waals surface area contributed by atoms with Crippen LogP contribution >= 0.6 is 50.5 Å². The number of aromatic nitrogens is 4. The van der Waals surface area contributed by atoms with Crippen molar-refractivity contribution in [2.24, 2.45) is 0 Å². The van der Waals surface area contributed by atoms with Crippen molar-refractivity contribution in [2.75, 3.05) is 26.3 Å². The van der Waals surface area contributed by atoms with E-state index in [1.54, 1.807) is 56.3 Å². The maximum Gasteiger partial charge on any atom is 0.339 e. The molecule has 0 atom stereocenters. The average Bonchev–Trinajstić information content (AvgIpc) is 3.27. The Hall–Kier alpha value is -4.96. The number of halogens is 8. The summed E-state index contributed by atoms with van der Waals surface area (Å²) < 4.78 is 99.2. The number of nitrogens with zero attached hydrogens (tertiary/aromatic N) is 4. The van der Waals surface area contributed by atoms with Crippen molar-refractivity contribution in [3.05, 3.63) is 177 Å².